The van der Waals surface area contributed by atoms with Crippen molar-refractivity contribution in [3.8, 4) is 0 Å². The molecule has 8 heteroatoms. The highest BCUT2D eigenvalue weighted by atomic mass is 16.6. The van der Waals surface area contributed by atoms with Crippen LogP contribution in [0.3, 0.4) is 0 Å². The van der Waals surface area contributed by atoms with Crippen molar-refractivity contribution >= 4 is 17.8 Å². The average molecular weight is 497 g/mol. The number of aliphatic hydroxyl groups is 1. The molecule has 2 amide bonds. The Labute approximate surface area is 212 Å². The Hall–Kier alpha value is -2.97. The van der Waals surface area contributed by atoms with Crippen LogP contribution >= 0.6 is 0 Å². The van der Waals surface area contributed by atoms with Crippen LogP contribution in [0.25, 0.3) is 0 Å². The summed E-state index contributed by atoms with van der Waals surface area (Å²) in [6, 6.07) is 7.27. The molecule has 2 bridgehead atoms. The first-order chi connectivity index (χ1) is 17.3. The second-order valence-electron chi connectivity index (χ2n) is 10.0. The molecule has 3 heterocycles. The number of hydrogen-bond acceptors (Lipinski definition) is 6. The third kappa shape index (κ3) is 4.16. The number of benzene rings is 1. The Balaban J connectivity index is 1.79. The van der Waals surface area contributed by atoms with Crippen LogP contribution in [0.5, 0.6) is 0 Å². The molecule has 6 atom stereocenters. The van der Waals surface area contributed by atoms with E-state index in [4.69, 9.17) is 9.47 Å². The monoisotopic (exact) mass is 496 g/mol. The van der Waals surface area contributed by atoms with Gasteiger partial charge in [0, 0.05) is 12.6 Å². The van der Waals surface area contributed by atoms with E-state index in [0.717, 1.165) is 0 Å². The van der Waals surface area contributed by atoms with Gasteiger partial charge in [0.1, 0.15) is 11.6 Å². The summed E-state index contributed by atoms with van der Waals surface area (Å²) in [7, 11) is 0. The molecular formula is C28H36N2O6. The Kier molecular flexibility index (Phi) is 7.66. The summed E-state index contributed by atoms with van der Waals surface area (Å²) >= 11 is 0. The van der Waals surface area contributed by atoms with E-state index < -0.39 is 41.6 Å². The molecule has 0 saturated carbocycles. The van der Waals surface area contributed by atoms with Gasteiger partial charge in [-0.15, -0.1) is 13.2 Å². The van der Waals surface area contributed by atoms with Crippen LogP contribution in [0, 0.1) is 11.8 Å². The highest BCUT2D eigenvalue weighted by molar-refractivity contribution is 5.98. The predicted molar refractivity (Wildman–Crippen MR) is 134 cm³/mol. The molecule has 3 fully saturated rings. The lowest BCUT2D eigenvalue weighted by Crippen LogP contribution is -2.58. The normalized spacial score (nSPS) is 29.2. The minimum absolute atomic E-state index is 0.148. The lowest BCUT2D eigenvalue weighted by atomic mass is 9.70. The van der Waals surface area contributed by atoms with Gasteiger partial charge >= 0.3 is 5.97 Å². The van der Waals surface area contributed by atoms with Crippen molar-refractivity contribution in [3.05, 3.63) is 61.2 Å². The molecule has 3 aliphatic heterocycles. The second kappa shape index (κ2) is 10.6. The van der Waals surface area contributed by atoms with E-state index in [1.165, 1.54) is 4.90 Å². The number of nitrogens with zero attached hydrogens (tertiary/aromatic N) is 2. The van der Waals surface area contributed by atoms with Gasteiger partial charge in [-0.2, -0.15) is 0 Å². The van der Waals surface area contributed by atoms with Gasteiger partial charge in [0.05, 0.1) is 37.2 Å². The largest absolute Gasteiger partial charge is 0.465 e. The Morgan fingerprint density at radius 3 is 2.61 bits per heavy atom. The van der Waals surface area contributed by atoms with Crippen LogP contribution in [-0.2, 0) is 23.9 Å². The molecule has 1 spiro atoms. The summed E-state index contributed by atoms with van der Waals surface area (Å²) in [5.41, 5.74) is -0.445. The molecule has 0 radical (unpaired) electrons. The number of fused-ring (bicyclic) bond motifs is 1. The lowest BCUT2D eigenvalue weighted by molar-refractivity contribution is -0.156. The first kappa shape index (κ1) is 26.1. The molecule has 2 unspecified atom stereocenters. The highest BCUT2D eigenvalue weighted by Crippen LogP contribution is 2.60. The van der Waals surface area contributed by atoms with Crippen molar-refractivity contribution < 1.29 is 29.0 Å². The van der Waals surface area contributed by atoms with Crippen molar-refractivity contribution in [1.29, 1.82) is 0 Å². The molecule has 8 nitrogen and oxygen atoms in total. The van der Waals surface area contributed by atoms with Crippen LogP contribution in [0.4, 0.5) is 0 Å². The maximum atomic E-state index is 14.2. The van der Waals surface area contributed by atoms with Crippen LogP contribution in [0.15, 0.2) is 55.6 Å². The van der Waals surface area contributed by atoms with E-state index in [9.17, 15) is 19.5 Å². The van der Waals surface area contributed by atoms with Gasteiger partial charge < -0.3 is 24.4 Å². The van der Waals surface area contributed by atoms with Crippen molar-refractivity contribution in [2.24, 2.45) is 11.8 Å². The molecular weight excluding hydrogens is 460 g/mol. The van der Waals surface area contributed by atoms with Crippen molar-refractivity contribution in [3.63, 3.8) is 0 Å². The Morgan fingerprint density at radius 1 is 1.28 bits per heavy atom. The fourth-order valence-corrected chi connectivity index (χ4v) is 6.19. The number of carbonyl (C=O) groups excluding carboxylic acids is 3. The van der Waals surface area contributed by atoms with Gasteiger partial charge in [-0.25, -0.2) is 0 Å². The first-order valence-electron chi connectivity index (χ1n) is 12.7. The maximum Gasteiger partial charge on any atom is 0.312 e. The number of rotatable bonds is 11. The summed E-state index contributed by atoms with van der Waals surface area (Å²) in [5.74, 6) is -2.75. The van der Waals surface area contributed by atoms with Crippen molar-refractivity contribution in [1.82, 2.24) is 9.80 Å². The Bertz CT molecular complexity index is 1010. The standard InChI is InChI=1S/C28H36N2O6/c1-5-7-16-35-27(34)22-21-13-14-28(36-21)23(22)25(32)30(20(17-31)19-11-9-8-10-12-19)24(28)26(33)29(15-6-2)18(3)4/h5-6,8-12,18,20-24,31H,1-2,7,13-17H2,3-4H3/t20-,21+,22-,23+,24?,28?/m1/s1. The van der Waals surface area contributed by atoms with E-state index in [1.807, 2.05) is 44.2 Å². The molecule has 1 aromatic carbocycles. The SMILES string of the molecule is C=CCCOC(=O)[C@@H]1[C@@H]2CCC3(O2)C(C(=O)N(CC=C)C(C)C)N([C@H](CO)c2ccccc2)C(=O)[C@H]13. The number of carbonyl (C=O) groups is 3. The summed E-state index contributed by atoms with van der Waals surface area (Å²) in [6.45, 7) is 11.4. The third-order valence-corrected chi connectivity index (χ3v) is 7.74. The number of likely N-dealkylation sites (tertiary alicyclic amines) is 1. The second-order valence-corrected chi connectivity index (χ2v) is 10.0. The summed E-state index contributed by atoms with van der Waals surface area (Å²) in [5, 5.41) is 10.5. The molecule has 3 saturated heterocycles. The smallest absolute Gasteiger partial charge is 0.312 e. The molecule has 194 valence electrons. The van der Waals surface area contributed by atoms with E-state index >= 15 is 0 Å². The van der Waals surface area contributed by atoms with Crippen molar-refractivity contribution in [2.75, 3.05) is 19.8 Å². The number of hydrogen-bond donors (Lipinski definition) is 1. The van der Waals surface area contributed by atoms with E-state index in [-0.39, 0.29) is 31.1 Å². The van der Waals surface area contributed by atoms with Gasteiger partial charge in [-0.05, 0) is 38.7 Å². The fourth-order valence-electron chi connectivity index (χ4n) is 6.19. The average Bonchev–Trinajstić information content (AvgIpc) is 3.51. The minimum atomic E-state index is -1.16. The van der Waals surface area contributed by atoms with Gasteiger partial charge in [-0.3, -0.25) is 14.4 Å². The first-order valence-corrected chi connectivity index (χ1v) is 12.7. The zero-order valence-corrected chi connectivity index (χ0v) is 21.0. The van der Waals surface area contributed by atoms with Gasteiger partial charge in [0.15, 0.2) is 0 Å². The van der Waals surface area contributed by atoms with E-state index in [1.54, 1.807) is 17.1 Å². The molecule has 1 N–H and O–H groups in total. The third-order valence-electron chi connectivity index (χ3n) is 7.74. The van der Waals surface area contributed by atoms with Gasteiger partial charge in [0.2, 0.25) is 11.8 Å². The highest BCUT2D eigenvalue weighted by Gasteiger charge is 2.75. The molecule has 0 aromatic heterocycles. The summed E-state index contributed by atoms with van der Waals surface area (Å²) in [6.07, 6.45) is 4.37. The molecule has 3 aliphatic rings. The van der Waals surface area contributed by atoms with Gasteiger partial charge in [0.25, 0.3) is 0 Å². The lowest BCUT2D eigenvalue weighted by Gasteiger charge is -2.40. The fraction of sp³-hybridized carbons (Fsp3) is 0.536. The van der Waals surface area contributed by atoms with Crippen LogP contribution < -0.4 is 0 Å². The number of aliphatic hydroxyl groups excluding tert-OH is 1. The maximum absolute atomic E-state index is 14.2. The molecule has 1 aromatic rings. The predicted octanol–water partition coefficient (Wildman–Crippen LogP) is 2.64. The zero-order chi connectivity index (χ0) is 26.0. The van der Waals surface area contributed by atoms with E-state index in [2.05, 4.69) is 13.2 Å². The van der Waals surface area contributed by atoms with Crippen molar-refractivity contribution in [2.45, 2.75) is 62.9 Å². The summed E-state index contributed by atoms with van der Waals surface area (Å²) < 4.78 is 11.9. The van der Waals surface area contributed by atoms with Crippen LogP contribution in [0.2, 0.25) is 0 Å². The Morgan fingerprint density at radius 2 is 2.00 bits per heavy atom. The molecule has 4 rings (SSSR count). The number of amides is 2. The topological polar surface area (TPSA) is 96.4 Å². The quantitative estimate of drug-likeness (QED) is 0.287. The minimum Gasteiger partial charge on any atom is -0.465 e. The molecule has 0 aliphatic carbocycles. The van der Waals surface area contributed by atoms with Gasteiger partial charge in [-0.1, -0.05) is 42.5 Å². The van der Waals surface area contributed by atoms with Crippen LogP contribution in [0.1, 0.15) is 44.7 Å². The van der Waals surface area contributed by atoms with E-state index in [0.29, 0.717) is 31.4 Å². The zero-order valence-electron chi connectivity index (χ0n) is 21.0. The number of ether oxygens (including phenoxy) is 2. The van der Waals surface area contributed by atoms with Crippen LogP contribution in [-0.4, -0.2) is 76.2 Å². The number of esters is 1. The summed E-state index contributed by atoms with van der Waals surface area (Å²) in [4.78, 5) is 44.7. The molecule has 36 heavy (non-hydrogen) atoms.